The topological polar surface area (TPSA) is 61.0 Å². The second-order valence-electron chi connectivity index (χ2n) is 7.27. The van der Waals surface area contributed by atoms with Gasteiger partial charge in [0.1, 0.15) is 5.69 Å². The monoisotopic (exact) mass is 324 g/mol. The molecule has 24 heavy (non-hydrogen) atoms. The molecule has 2 N–H and O–H groups in total. The molecule has 1 atom stereocenters. The summed E-state index contributed by atoms with van der Waals surface area (Å²) in [7, 11) is 0. The van der Waals surface area contributed by atoms with Crippen molar-refractivity contribution in [3.05, 3.63) is 53.3 Å². The SMILES string of the molecule is Cc1ccccc1CN1CCC2(CC1)CC2NC(=O)c1ccn[nH]1. The van der Waals surface area contributed by atoms with E-state index in [-0.39, 0.29) is 5.91 Å². The molecular formula is C19H24N4O. The van der Waals surface area contributed by atoms with Crippen LogP contribution < -0.4 is 5.32 Å². The Balaban J connectivity index is 1.29. The van der Waals surface area contributed by atoms with Crippen LogP contribution in [0.2, 0.25) is 0 Å². The number of benzene rings is 1. The minimum Gasteiger partial charge on any atom is -0.347 e. The van der Waals surface area contributed by atoms with Gasteiger partial charge in [-0.05, 0) is 61.9 Å². The molecule has 0 bridgehead atoms. The third-order valence-corrected chi connectivity index (χ3v) is 5.75. The number of likely N-dealkylation sites (tertiary alicyclic amines) is 1. The van der Waals surface area contributed by atoms with Crippen LogP contribution in [0.15, 0.2) is 36.5 Å². The lowest BCUT2D eigenvalue weighted by Gasteiger charge is -2.33. The maximum absolute atomic E-state index is 12.1. The summed E-state index contributed by atoms with van der Waals surface area (Å²) < 4.78 is 0. The third kappa shape index (κ3) is 2.96. The van der Waals surface area contributed by atoms with Crippen LogP contribution >= 0.6 is 0 Å². The van der Waals surface area contributed by atoms with Gasteiger partial charge in [-0.15, -0.1) is 0 Å². The summed E-state index contributed by atoms with van der Waals surface area (Å²) in [5.41, 5.74) is 3.68. The number of nitrogens with zero attached hydrogens (tertiary/aromatic N) is 2. The molecule has 1 aromatic heterocycles. The number of H-pyrrole nitrogens is 1. The molecule has 126 valence electrons. The van der Waals surface area contributed by atoms with Crippen LogP contribution in [0.4, 0.5) is 0 Å². The Labute approximate surface area is 142 Å². The Morgan fingerprint density at radius 2 is 2.12 bits per heavy atom. The van der Waals surface area contributed by atoms with Crippen LogP contribution in [0.5, 0.6) is 0 Å². The number of carbonyl (C=O) groups excluding carboxylic acids is 1. The molecule has 1 aliphatic carbocycles. The summed E-state index contributed by atoms with van der Waals surface area (Å²) >= 11 is 0. The first kappa shape index (κ1) is 15.4. The predicted molar refractivity (Wildman–Crippen MR) is 92.6 cm³/mol. The lowest BCUT2D eigenvalue weighted by Crippen LogP contribution is -2.38. The van der Waals surface area contributed by atoms with Gasteiger partial charge in [0.05, 0.1) is 0 Å². The zero-order valence-electron chi connectivity index (χ0n) is 14.1. The fourth-order valence-corrected chi connectivity index (χ4v) is 3.91. The summed E-state index contributed by atoms with van der Waals surface area (Å²) in [6.07, 6.45) is 5.08. The average molecular weight is 324 g/mol. The number of amides is 1. The van der Waals surface area contributed by atoms with Gasteiger partial charge in [-0.2, -0.15) is 5.10 Å². The summed E-state index contributed by atoms with van der Waals surface area (Å²) in [6, 6.07) is 10.7. The van der Waals surface area contributed by atoms with Crippen molar-refractivity contribution in [2.75, 3.05) is 13.1 Å². The van der Waals surface area contributed by atoms with Crippen LogP contribution in [0.3, 0.4) is 0 Å². The van der Waals surface area contributed by atoms with E-state index in [1.54, 1.807) is 12.3 Å². The van der Waals surface area contributed by atoms with Crippen LogP contribution in [-0.2, 0) is 6.54 Å². The van der Waals surface area contributed by atoms with Crippen molar-refractivity contribution in [1.29, 1.82) is 0 Å². The highest BCUT2D eigenvalue weighted by Gasteiger charge is 2.55. The van der Waals surface area contributed by atoms with E-state index in [9.17, 15) is 4.79 Å². The molecule has 1 saturated carbocycles. The second kappa shape index (κ2) is 6.06. The summed E-state index contributed by atoms with van der Waals surface area (Å²) in [5.74, 6) is -0.0308. The van der Waals surface area contributed by atoms with Gasteiger partial charge in [-0.1, -0.05) is 24.3 Å². The first-order valence-electron chi connectivity index (χ1n) is 8.73. The molecule has 2 aliphatic rings. The highest BCUT2D eigenvalue weighted by Crippen LogP contribution is 2.54. The Bertz CT molecular complexity index is 717. The summed E-state index contributed by atoms with van der Waals surface area (Å²) in [6.45, 7) is 5.45. The van der Waals surface area contributed by atoms with Crippen molar-refractivity contribution in [2.45, 2.75) is 38.8 Å². The molecule has 1 amide bonds. The Hall–Kier alpha value is -2.14. The smallest absolute Gasteiger partial charge is 0.269 e. The molecule has 1 aromatic carbocycles. The lowest BCUT2D eigenvalue weighted by molar-refractivity contribution is 0.0929. The number of piperidine rings is 1. The van der Waals surface area contributed by atoms with Gasteiger partial charge in [-0.3, -0.25) is 14.8 Å². The first-order valence-corrected chi connectivity index (χ1v) is 8.73. The molecule has 4 rings (SSSR count). The normalized spacial score (nSPS) is 22.5. The molecule has 5 nitrogen and oxygen atoms in total. The van der Waals surface area contributed by atoms with Crippen molar-refractivity contribution in [3.63, 3.8) is 0 Å². The molecule has 1 saturated heterocycles. The van der Waals surface area contributed by atoms with Crippen LogP contribution in [-0.4, -0.2) is 40.1 Å². The molecule has 1 spiro atoms. The van der Waals surface area contributed by atoms with E-state index in [0.717, 1.165) is 26.1 Å². The lowest BCUT2D eigenvalue weighted by atomic mass is 9.92. The molecule has 1 aliphatic heterocycles. The average Bonchev–Trinajstić information content (AvgIpc) is 3.01. The number of carbonyl (C=O) groups is 1. The van der Waals surface area contributed by atoms with Crippen LogP contribution in [0.25, 0.3) is 0 Å². The maximum atomic E-state index is 12.1. The van der Waals surface area contributed by atoms with Gasteiger partial charge in [0.2, 0.25) is 0 Å². The van der Waals surface area contributed by atoms with Crippen molar-refractivity contribution in [1.82, 2.24) is 20.4 Å². The first-order chi connectivity index (χ1) is 11.7. The van der Waals surface area contributed by atoms with Crippen molar-refractivity contribution < 1.29 is 4.79 Å². The van der Waals surface area contributed by atoms with Crippen molar-refractivity contribution in [2.24, 2.45) is 5.41 Å². The zero-order valence-corrected chi connectivity index (χ0v) is 14.1. The van der Waals surface area contributed by atoms with E-state index in [1.807, 2.05) is 0 Å². The molecule has 2 heterocycles. The number of aryl methyl sites for hydroxylation is 1. The van der Waals surface area contributed by atoms with E-state index in [1.165, 1.54) is 24.0 Å². The van der Waals surface area contributed by atoms with Crippen LogP contribution in [0, 0.1) is 12.3 Å². The molecular weight excluding hydrogens is 300 g/mol. The highest BCUT2D eigenvalue weighted by atomic mass is 16.2. The quantitative estimate of drug-likeness (QED) is 0.908. The largest absolute Gasteiger partial charge is 0.347 e. The Morgan fingerprint density at radius 1 is 1.33 bits per heavy atom. The molecule has 5 heteroatoms. The molecule has 2 fully saturated rings. The van der Waals surface area contributed by atoms with Gasteiger partial charge in [-0.25, -0.2) is 0 Å². The molecule has 0 radical (unpaired) electrons. The van der Waals surface area contributed by atoms with Gasteiger partial charge in [0.15, 0.2) is 0 Å². The van der Waals surface area contributed by atoms with E-state index >= 15 is 0 Å². The van der Waals surface area contributed by atoms with Gasteiger partial charge >= 0.3 is 0 Å². The summed E-state index contributed by atoms with van der Waals surface area (Å²) in [4.78, 5) is 14.7. The van der Waals surface area contributed by atoms with Gasteiger partial charge in [0, 0.05) is 18.8 Å². The molecule has 1 unspecified atom stereocenters. The third-order valence-electron chi connectivity index (χ3n) is 5.75. The number of aromatic nitrogens is 2. The number of hydrogen-bond donors (Lipinski definition) is 2. The van der Waals surface area contributed by atoms with Crippen LogP contribution in [0.1, 0.15) is 40.9 Å². The fraction of sp³-hybridized carbons (Fsp3) is 0.474. The minimum atomic E-state index is -0.0308. The number of rotatable bonds is 4. The number of nitrogens with one attached hydrogen (secondary N) is 2. The number of hydrogen-bond acceptors (Lipinski definition) is 3. The van der Waals surface area contributed by atoms with E-state index in [0.29, 0.717) is 17.2 Å². The fourth-order valence-electron chi connectivity index (χ4n) is 3.91. The maximum Gasteiger partial charge on any atom is 0.269 e. The van der Waals surface area contributed by atoms with Gasteiger partial charge < -0.3 is 5.32 Å². The van der Waals surface area contributed by atoms with Crippen molar-refractivity contribution >= 4 is 5.91 Å². The second-order valence-corrected chi connectivity index (χ2v) is 7.27. The summed E-state index contributed by atoms with van der Waals surface area (Å²) in [5, 5.41) is 9.73. The number of aromatic amines is 1. The predicted octanol–water partition coefficient (Wildman–Crippen LogP) is 2.50. The molecule has 2 aromatic rings. The standard InChI is InChI=1S/C19H24N4O/c1-14-4-2-3-5-15(14)13-23-10-7-19(8-11-23)12-17(19)21-18(24)16-6-9-20-22-16/h2-6,9,17H,7-8,10-13H2,1H3,(H,20,22)(H,21,24). The van der Waals surface area contributed by atoms with E-state index < -0.39 is 0 Å². The Kier molecular flexibility index (Phi) is 3.88. The van der Waals surface area contributed by atoms with Crippen molar-refractivity contribution in [3.8, 4) is 0 Å². The van der Waals surface area contributed by atoms with Gasteiger partial charge in [0.25, 0.3) is 5.91 Å². The highest BCUT2D eigenvalue weighted by molar-refractivity contribution is 5.92. The zero-order chi connectivity index (χ0) is 16.6. The van der Waals surface area contributed by atoms with E-state index in [4.69, 9.17) is 0 Å². The minimum absolute atomic E-state index is 0.0308. The Morgan fingerprint density at radius 3 is 2.83 bits per heavy atom. The van der Waals surface area contributed by atoms with E-state index in [2.05, 4.69) is 51.6 Å².